The molecule has 166 valence electrons. The Balaban J connectivity index is 1.38. The van der Waals surface area contributed by atoms with E-state index in [2.05, 4.69) is 71.7 Å². The van der Waals surface area contributed by atoms with E-state index in [1.165, 1.54) is 23.4 Å². The van der Waals surface area contributed by atoms with E-state index in [4.69, 9.17) is 4.74 Å². The first kappa shape index (κ1) is 22.0. The van der Waals surface area contributed by atoms with Crippen molar-refractivity contribution in [3.8, 4) is 0 Å². The second-order valence-electron chi connectivity index (χ2n) is 8.64. The Hall–Kier alpha value is -3.18. The van der Waals surface area contributed by atoms with E-state index in [9.17, 15) is 9.59 Å². The van der Waals surface area contributed by atoms with Gasteiger partial charge in [-0.25, -0.2) is 0 Å². The highest BCUT2D eigenvalue weighted by Gasteiger charge is 2.38. The van der Waals surface area contributed by atoms with Gasteiger partial charge in [0.15, 0.2) is 0 Å². The standard InChI is InChI=1S/C27H30N2O3/c1-19-7-9-20(10-8-19)12-14-26(30)28-24-16-25(27(31)32-2)29(18-24)17-21-11-13-22-5-3-4-6-23(22)15-21/h3-11,13,15,24-25H,12,14,16-18H2,1-2H3,(H,28,30)/t24-,25+/m1/s1. The summed E-state index contributed by atoms with van der Waals surface area (Å²) >= 11 is 0. The molecule has 5 nitrogen and oxygen atoms in total. The lowest BCUT2D eigenvalue weighted by molar-refractivity contribution is -0.146. The Morgan fingerprint density at radius 3 is 2.47 bits per heavy atom. The van der Waals surface area contributed by atoms with Gasteiger partial charge in [-0.15, -0.1) is 0 Å². The smallest absolute Gasteiger partial charge is 0.323 e. The van der Waals surface area contributed by atoms with Crippen molar-refractivity contribution in [3.63, 3.8) is 0 Å². The Kier molecular flexibility index (Phi) is 6.86. The maximum Gasteiger partial charge on any atom is 0.323 e. The summed E-state index contributed by atoms with van der Waals surface area (Å²) in [6, 6.07) is 22.5. The molecule has 1 aliphatic rings. The lowest BCUT2D eigenvalue weighted by Gasteiger charge is -2.22. The highest BCUT2D eigenvalue weighted by atomic mass is 16.5. The van der Waals surface area contributed by atoms with Gasteiger partial charge in [-0.2, -0.15) is 0 Å². The average Bonchev–Trinajstić information content (AvgIpc) is 3.20. The third-order valence-corrected chi connectivity index (χ3v) is 6.20. The van der Waals surface area contributed by atoms with Gasteiger partial charge in [-0.3, -0.25) is 14.5 Å². The number of aryl methyl sites for hydroxylation is 2. The van der Waals surface area contributed by atoms with E-state index in [-0.39, 0.29) is 24.0 Å². The van der Waals surface area contributed by atoms with Crippen molar-refractivity contribution < 1.29 is 14.3 Å². The fraction of sp³-hybridized carbons (Fsp3) is 0.333. The molecule has 0 unspecified atom stereocenters. The summed E-state index contributed by atoms with van der Waals surface area (Å²) in [5.41, 5.74) is 3.51. The summed E-state index contributed by atoms with van der Waals surface area (Å²) in [6.45, 7) is 3.32. The summed E-state index contributed by atoms with van der Waals surface area (Å²) in [7, 11) is 1.42. The quantitative estimate of drug-likeness (QED) is 0.576. The Morgan fingerprint density at radius 1 is 1.00 bits per heavy atom. The van der Waals surface area contributed by atoms with Crippen molar-refractivity contribution in [2.24, 2.45) is 0 Å². The van der Waals surface area contributed by atoms with Crippen LogP contribution in [0.25, 0.3) is 10.8 Å². The van der Waals surface area contributed by atoms with Crippen molar-refractivity contribution in [2.75, 3.05) is 13.7 Å². The molecule has 1 heterocycles. The van der Waals surface area contributed by atoms with Crippen LogP contribution in [0.2, 0.25) is 0 Å². The maximum atomic E-state index is 12.6. The zero-order valence-corrected chi connectivity index (χ0v) is 18.7. The fourth-order valence-electron chi connectivity index (χ4n) is 4.45. The molecule has 0 aromatic heterocycles. The van der Waals surface area contributed by atoms with Crippen LogP contribution in [0.3, 0.4) is 0 Å². The lowest BCUT2D eigenvalue weighted by Crippen LogP contribution is -2.37. The number of amides is 1. The Bertz CT molecular complexity index is 1090. The predicted octanol–water partition coefficient (Wildman–Crippen LogP) is 4.01. The number of esters is 1. The summed E-state index contributed by atoms with van der Waals surface area (Å²) < 4.78 is 5.05. The molecule has 5 heteroatoms. The molecule has 0 spiro atoms. The van der Waals surface area contributed by atoms with Crippen LogP contribution >= 0.6 is 0 Å². The molecule has 1 saturated heterocycles. The molecule has 1 aliphatic heterocycles. The van der Waals surface area contributed by atoms with E-state index < -0.39 is 0 Å². The second kappa shape index (κ2) is 9.96. The van der Waals surface area contributed by atoms with E-state index in [0.717, 1.165) is 11.1 Å². The molecule has 0 aliphatic carbocycles. The molecule has 32 heavy (non-hydrogen) atoms. The third kappa shape index (κ3) is 5.35. The maximum absolute atomic E-state index is 12.6. The molecule has 0 saturated carbocycles. The van der Waals surface area contributed by atoms with Crippen LogP contribution in [0, 0.1) is 6.92 Å². The first-order valence-corrected chi connectivity index (χ1v) is 11.2. The van der Waals surface area contributed by atoms with Gasteiger partial charge in [0.1, 0.15) is 6.04 Å². The molecule has 0 radical (unpaired) electrons. The number of nitrogens with one attached hydrogen (secondary N) is 1. The number of carbonyl (C=O) groups excluding carboxylic acids is 2. The molecule has 4 rings (SSSR count). The van der Waals surface area contributed by atoms with Crippen LogP contribution in [0.4, 0.5) is 0 Å². The van der Waals surface area contributed by atoms with Gasteiger partial charge < -0.3 is 10.1 Å². The lowest BCUT2D eigenvalue weighted by atomic mass is 10.1. The minimum Gasteiger partial charge on any atom is -0.468 e. The largest absolute Gasteiger partial charge is 0.468 e. The van der Waals surface area contributed by atoms with E-state index in [1.54, 1.807) is 0 Å². The second-order valence-corrected chi connectivity index (χ2v) is 8.64. The highest BCUT2D eigenvalue weighted by Crippen LogP contribution is 2.24. The number of rotatable bonds is 7. The first-order chi connectivity index (χ1) is 15.5. The van der Waals surface area contributed by atoms with E-state index in [1.807, 2.05) is 12.1 Å². The van der Waals surface area contributed by atoms with Crippen molar-refractivity contribution in [1.29, 1.82) is 0 Å². The van der Waals surface area contributed by atoms with Gasteiger partial charge >= 0.3 is 5.97 Å². The minimum absolute atomic E-state index is 0.0201. The van der Waals surface area contributed by atoms with E-state index in [0.29, 0.717) is 32.4 Å². The number of ether oxygens (including phenoxy) is 1. The number of likely N-dealkylation sites (tertiary alicyclic amines) is 1. The number of fused-ring (bicyclic) bond motifs is 1. The molecule has 1 amide bonds. The van der Waals surface area contributed by atoms with Gasteiger partial charge in [-0.05, 0) is 47.7 Å². The fourth-order valence-corrected chi connectivity index (χ4v) is 4.45. The number of nitrogens with zero attached hydrogens (tertiary/aromatic N) is 1. The van der Waals surface area contributed by atoms with E-state index >= 15 is 0 Å². The first-order valence-electron chi connectivity index (χ1n) is 11.2. The molecule has 2 atom stereocenters. The van der Waals surface area contributed by atoms with Crippen LogP contribution in [0.5, 0.6) is 0 Å². The van der Waals surface area contributed by atoms with Gasteiger partial charge in [0.05, 0.1) is 7.11 Å². The van der Waals surface area contributed by atoms with Crippen LogP contribution in [0.15, 0.2) is 66.7 Å². The topological polar surface area (TPSA) is 58.6 Å². The predicted molar refractivity (Wildman–Crippen MR) is 126 cm³/mol. The van der Waals surface area contributed by atoms with Gasteiger partial charge in [0.2, 0.25) is 5.91 Å². The van der Waals surface area contributed by atoms with Crippen molar-refractivity contribution in [2.45, 2.75) is 44.8 Å². The van der Waals surface area contributed by atoms with Crippen LogP contribution in [-0.2, 0) is 27.3 Å². The zero-order valence-electron chi connectivity index (χ0n) is 18.7. The monoisotopic (exact) mass is 430 g/mol. The third-order valence-electron chi connectivity index (χ3n) is 6.20. The van der Waals surface area contributed by atoms with Crippen molar-refractivity contribution >= 4 is 22.6 Å². The Morgan fingerprint density at radius 2 is 1.72 bits per heavy atom. The molecular formula is C27H30N2O3. The SMILES string of the molecule is COC(=O)[C@@H]1C[C@@H](NC(=O)CCc2ccc(C)cc2)CN1Cc1ccc2ccccc2c1. The summed E-state index contributed by atoms with van der Waals surface area (Å²) in [6.07, 6.45) is 1.71. The van der Waals surface area contributed by atoms with Crippen LogP contribution in [-0.4, -0.2) is 42.5 Å². The van der Waals surface area contributed by atoms with Crippen molar-refractivity contribution in [1.82, 2.24) is 10.2 Å². The molecule has 3 aromatic rings. The molecule has 1 fully saturated rings. The number of hydrogen-bond acceptors (Lipinski definition) is 4. The van der Waals surface area contributed by atoms with Crippen LogP contribution < -0.4 is 5.32 Å². The van der Waals surface area contributed by atoms with Crippen molar-refractivity contribution in [3.05, 3.63) is 83.4 Å². The van der Waals surface area contributed by atoms with Gasteiger partial charge in [0.25, 0.3) is 0 Å². The van der Waals surface area contributed by atoms with Gasteiger partial charge in [0, 0.05) is 25.6 Å². The number of carbonyl (C=O) groups is 2. The summed E-state index contributed by atoms with van der Waals surface area (Å²) in [5.74, 6) is -0.228. The highest BCUT2D eigenvalue weighted by molar-refractivity contribution is 5.83. The minimum atomic E-state index is -0.353. The summed E-state index contributed by atoms with van der Waals surface area (Å²) in [4.78, 5) is 27.1. The Labute approximate surface area is 189 Å². The molecular weight excluding hydrogens is 400 g/mol. The number of benzene rings is 3. The van der Waals surface area contributed by atoms with Crippen LogP contribution in [0.1, 0.15) is 29.5 Å². The summed E-state index contributed by atoms with van der Waals surface area (Å²) in [5, 5.41) is 5.50. The number of hydrogen-bond donors (Lipinski definition) is 1. The normalized spacial score (nSPS) is 18.6. The number of methoxy groups -OCH3 is 1. The molecule has 3 aromatic carbocycles. The zero-order chi connectivity index (χ0) is 22.5. The molecule has 1 N–H and O–H groups in total. The molecule has 0 bridgehead atoms. The van der Waals surface area contributed by atoms with Gasteiger partial charge in [-0.1, -0.05) is 66.2 Å². The average molecular weight is 431 g/mol.